The topological polar surface area (TPSA) is 20.5 Å². The number of hydrogen-bond donors (Lipinski definition) is 0. The van der Waals surface area contributed by atoms with Crippen molar-refractivity contribution in [2.75, 3.05) is 13.6 Å². The van der Waals surface area contributed by atoms with E-state index in [-0.39, 0.29) is 0 Å². The van der Waals surface area contributed by atoms with Gasteiger partial charge in [0, 0.05) is 36.9 Å². The maximum Gasteiger partial charge on any atom is 0.131 e. The normalized spacial score (nSPS) is 11.4. The van der Waals surface area contributed by atoms with Crippen LogP contribution in [0.4, 0.5) is 0 Å². The molecule has 0 aliphatic carbocycles. The smallest absolute Gasteiger partial charge is 0.131 e. The van der Waals surface area contributed by atoms with Crippen LogP contribution in [0.25, 0.3) is 16.8 Å². The summed E-state index contributed by atoms with van der Waals surface area (Å²) in [6.45, 7) is 21.8. The van der Waals surface area contributed by atoms with Gasteiger partial charge in [0.05, 0.1) is 0 Å². The van der Waals surface area contributed by atoms with Crippen LogP contribution in [0, 0.1) is 6.92 Å². The van der Waals surface area contributed by atoms with E-state index >= 15 is 0 Å². The van der Waals surface area contributed by atoms with Gasteiger partial charge in [-0.05, 0) is 68.9 Å². The molecular formula is C27H37N3. The van der Waals surface area contributed by atoms with Crippen LogP contribution in [0.1, 0.15) is 51.2 Å². The summed E-state index contributed by atoms with van der Waals surface area (Å²) in [6.07, 6.45) is 6.25. The Bertz CT molecular complexity index is 977. The molecule has 0 fully saturated rings. The predicted molar refractivity (Wildman–Crippen MR) is 131 cm³/mol. The minimum atomic E-state index is 0.930. The fraction of sp³-hybridized carbons (Fsp3) is 0.370. The largest absolute Gasteiger partial charge is 0.350 e. The second-order valence-electron chi connectivity index (χ2n) is 8.07. The molecule has 160 valence electrons. The SMILES string of the molecule is C=C(C)N(CCCc1cc(C)ccc1-c1ccc(=NC)n(C(=C)CCC)c1)C(=C)C. The first-order chi connectivity index (χ1) is 14.3. The minimum Gasteiger partial charge on any atom is -0.350 e. The van der Waals surface area contributed by atoms with Gasteiger partial charge in [-0.1, -0.05) is 56.8 Å². The molecule has 30 heavy (non-hydrogen) atoms. The van der Waals surface area contributed by atoms with Gasteiger partial charge >= 0.3 is 0 Å². The lowest BCUT2D eigenvalue weighted by Gasteiger charge is -2.25. The Labute approximate surface area is 182 Å². The highest BCUT2D eigenvalue weighted by atomic mass is 15.1. The number of benzene rings is 1. The van der Waals surface area contributed by atoms with Gasteiger partial charge in [0.2, 0.25) is 0 Å². The van der Waals surface area contributed by atoms with Gasteiger partial charge in [-0.15, -0.1) is 0 Å². The van der Waals surface area contributed by atoms with E-state index < -0.39 is 0 Å². The first-order valence-corrected chi connectivity index (χ1v) is 10.8. The van der Waals surface area contributed by atoms with Crippen LogP contribution < -0.4 is 5.49 Å². The molecule has 0 aliphatic heterocycles. The molecule has 1 heterocycles. The number of pyridine rings is 1. The number of aryl methyl sites for hydroxylation is 2. The summed E-state index contributed by atoms with van der Waals surface area (Å²) in [5, 5.41) is 0. The number of aromatic nitrogens is 1. The van der Waals surface area contributed by atoms with E-state index in [2.05, 4.69) is 84.6 Å². The lowest BCUT2D eigenvalue weighted by molar-refractivity contribution is 0.422. The number of rotatable bonds is 10. The maximum absolute atomic E-state index is 4.43. The molecule has 0 spiro atoms. The Morgan fingerprint density at radius 2 is 1.77 bits per heavy atom. The van der Waals surface area contributed by atoms with Crippen LogP contribution >= 0.6 is 0 Å². The lowest BCUT2D eigenvalue weighted by atomic mass is 9.95. The molecule has 0 N–H and O–H groups in total. The van der Waals surface area contributed by atoms with Gasteiger partial charge in [0.25, 0.3) is 0 Å². The lowest BCUT2D eigenvalue weighted by Crippen LogP contribution is -2.20. The summed E-state index contributed by atoms with van der Waals surface area (Å²) >= 11 is 0. The summed E-state index contributed by atoms with van der Waals surface area (Å²) in [7, 11) is 1.83. The van der Waals surface area contributed by atoms with Crippen LogP contribution in [0.15, 0.2) is 72.7 Å². The zero-order valence-electron chi connectivity index (χ0n) is 19.5. The van der Waals surface area contributed by atoms with Crippen LogP contribution in [0.5, 0.6) is 0 Å². The average Bonchev–Trinajstić information content (AvgIpc) is 2.70. The third kappa shape index (κ3) is 5.85. The number of allylic oxidation sites excluding steroid dienone is 3. The van der Waals surface area contributed by atoms with Crippen molar-refractivity contribution in [2.45, 2.75) is 53.4 Å². The van der Waals surface area contributed by atoms with Crippen LogP contribution in [-0.2, 0) is 6.42 Å². The summed E-state index contributed by atoms with van der Waals surface area (Å²) < 4.78 is 2.13. The van der Waals surface area contributed by atoms with E-state index in [0.29, 0.717) is 0 Å². The van der Waals surface area contributed by atoms with Gasteiger partial charge in [-0.3, -0.25) is 4.99 Å². The summed E-state index contributed by atoms with van der Waals surface area (Å²) in [5.41, 5.74) is 9.23. The molecule has 2 rings (SSSR count). The first-order valence-electron chi connectivity index (χ1n) is 10.8. The van der Waals surface area contributed by atoms with Gasteiger partial charge in [0.1, 0.15) is 5.49 Å². The van der Waals surface area contributed by atoms with Crippen molar-refractivity contribution in [3.8, 4) is 11.1 Å². The Hall–Kier alpha value is -2.81. The molecule has 0 saturated heterocycles. The molecule has 3 heteroatoms. The average molecular weight is 404 g/mol. The van der Waals surface area contributed by atoms with Crippen LogP contribution in [0.2, 0.25) is 0 Å². The first kappa shape index (κ1) is 23.5. The molecule has 1 aromatic heterocycles. The third-order valence-electron chi connectivity index (χ3n) is 5.36. The number of hydrogen-bond acceptors (Lipinski definition) is 2. The molecule has 0 atom stereocenters. The van der Waals surface area contributed by atoms with Gasteiger partial charge in [-0.25, -0.2) is 0 Å². The summed E-state index contributed by atoms with van der Waals surface area (Å²) in [5.74, 6) is 0. The molecule has 3 nitrogen and oxygen atoms in total. The Balaban J connectivity index is 2.37. The quantitative estimate of drug-likeness (QED) is 0.439. The minimum absolute atomic E-state index is 0.930. The molecule has 1 aromatic carbocycles. The van der Waals surface area contributed by atoms with E-state index in [0.717, 1.165) is 54.8 Å². The molecule has 0 amide bonds. The number of nitrogens with zero attached hydrogens (tertiary/aromatic N) is 3. The molecule has 0 bridgehead atoms. The standard InChI is InChI=1S/C27H37N3/c1-9-11-23(7)30-19-25(14-16-27(30)28-8)26-15-13-22(6)18-24(26)12-10-17-29(20(2)3)21(4)5/h13-16,18-19H,2,4,7,9-12,17H2,1,3,5-6,8H3. The van der Waals surface area contributed by atoms with E-state index in [4.69, 9.17) is 0 Å². The predicted octanol–water partition coefficient (Wildman–Crippen LogP) is 6.57. The highest BCUT2D eigenvalue weighted by molar-refractivity contribution is 5.68. The Kier molecular flexibility index (Phi) is 8.46. The van der Waals surface area contributed by atoms with Crippen molar-refractivity contribution >= 4 is 5.70 Å². The molecule has 0 radical (unpaired) electrons. The monoisotopic (exact) mass is 403 g/mol. The van der Waals surface area contributed by atoms with Gasteiger partial charge < -0.3 is 9.47 Å². The fourth-order valence-electron chi connectivity index (χ4n) is 3.84. The molecule has 0 saturated carbocycles. The Morgan fingerprint density at radius 3 is 2.37 bits per heavy atom. The summed E-state index contributed by atoms with van der Waals surface area (Å²) in [6, 6.07) is 11.0. The summed E-state index contributed by atoms with van der Waals surface area (Å²) in [4.78, 5) is 6.62. The highest BCUT2D eigenvalue weighted by Crippen LogP contribution is 2.26. The molecule has 0 unspecified atom stereocenters. The maximum atomic E-state index is 4.43. The third-order valence-corrected chi connectivity index (χ3v) is 5.36. The van der Waals surface area contributed by atoms with Gasteiger partial charge in [-0.2, -0.15) is 0 Å². The van der Waals surface area contributed by atoms with Crippen molar-refractivity contribution in [1.29, 1.82) is 0 Å². The zero-order chi connectivity index (χ0) is 22.3. The van der Waals surface area contributed by atoms with E-state index in [1.165, 1.54) is 22.3 Å². The second kappa shape index (κ2) is 10.8. The van der Waals surface area contributed by atoms with Crippen LogP contribution in [0.3, 0.4) is 0 Å². The molecule has 2 aromatic rings. The van der Waals surface area contributed by atoms with Crippen molar-refractivity contribution in [2.24, 2.45) is 4.99 Å². The molecular weight excluding hydrogens is 366 g/mol. The second-order valence-corrected chi connectivity index (χ2v) is 8.07. The van der Waals surface area contributed by atoms with E-state index in [1.54, 1.807) is 0 Å². The fourth-order valence-corrected chi connectivity index (χ4v) is 3.84. The van der Waals surface area contributed by atoms with Crippen molar-refractivity contribution in [3.63, 3.8) is 0 Å². The van der Waals surface area contributed by atoms with E-state index in [9.17, 15) is 0 Å². The van der Waals surface area contributed by atoms with Crippen molar-refractivity contribution < 1.29 is 0 Å². The Morgan fingerprint density at radius 1 is 1.07 bits per heavy atom. The highest BCUT2D eigenvalue weighted by Gasteiger charge is 2.10. The van der Waals surface area contributed by atoms with Gasteiger partial charge in [0.15, 0.2) is 0 Å². The van der Waals surface area contributed by atoms with Crippen molar-refractivity contribution in [1.82, 2.24) is 9.47 Å². The zero-order valence-corrected chi connectivity index (χ0v) is 19.5. The van der Waals surface area contributed by atoms with Crippen molar-refractivity contribution in [3.05, 3.63) is 84.3 Å². The van der Waals surface area contributed by atoms with Crippen LogP contribution in [-0.4, -0.2) is 23.1 Å². The van der Waals surface area contributed by atoms with E-state index in [1.807, 2.05) is 20.9 Å². The molecule has 0 aliphatic rings.